The normalized spacial score (nSPS) is 9.94. The minimum Gasteiger partial charge on any atom is -0.383 e. The summed E-state index contributed by atoms with van der Waals surface area (Å²) < 4.78 is 5.79. The molecule has 0 aromatic carbocycles. The van der Waals surface area contributed by atoms with E-state index in [1.165, 1.54) is 0 Å². The third-order valence-electron chi connectivity index (χ3n) is 2.12. The zero-order valence-corrected chi connectivity index (χ0v) is 13.6. The Morgan fingerprint density at radius 1 is 1.44 bits per heavy atom. The van der Waals surface area contributed by atoms with Crippen molar-refractivity contribution < 1.29 is 9.53 Å². The van der Waals surface area contributed by atoms with Gasteiger partial charge in [0, 0.05) is 31.6 Å². The van der Waals surface area contributed by atoms with E-state index < -0.39 is 0 Å². The van der Waals surface area contributed by atoms with Crippen LogP contribution in [0.4, 0.5) is 0 Å². The van der Waals surface area contributed by atoms with Gasteiger partial charge < -0.3 is 15.4 Å². The lowest BCUT2D eigenvalue weighted by Gasteiger charge is -2.05. The largest absolute Gasteiger partial charge is 0.383 e. The Balaban J connectivity index is 0.00000289. The predicted octanol–water partition coefficient (Wildman–Crippen LogP) is 2.21. The molecule has 0 radical (unpaired) electrons. The highest BCUT2D eigenvalue weighted by Crippen LogP contribution is 2.27. The number of carbonyl (C=O) groups is 1. The topological polar surface area (TPSA) is 50.4 Å². The Labute approximate surface area is 126 Å². The predicted molar refractivity (Wildman–Crippen MR) is 81.1 cm³/mol. The molecule has 0 aliphatic heterocycles. The van der Waals surface area contributed by atoms with E-state index in [0.717, 1.165) is 21.8 Å². The molecule has 18 heavy (non-hydrogen) atoms. The number of rotatable bonds is 7. The molecule has 1 amide bonds. The van der Waals surface area contributed by atoms with Gasteiger partial charge in [-0.1, -0.05) is 0 Å². The summed E-state index contributed by atoms with van der Waals surface area (Å²) >= 11 is 4.96. The van der Waals surface area contributed by atoms with Gasteiger partial charge in [-0.3, -0.25) is 4.79 Å². The number of halogens is 2. The van der Waals surface area contributed by atoms with Crippen LogP contribution in [0.25, 0.3) is 0 Å². The second-order valence-corrected chi connectivity index (χ2v) is 6.12. The number of ether oxygens (including phenoxy) is 1. The van der Waals surface area contributed by atoms with Crippen LogP contribution in [0, 0.1) is 6.92 Å². The van der Waals surface area contributed by atoms with E-state index in [1.807, 2.05) is 13.0 Å². The second-order valence-electron chi connectivity index (χ2n) is 3.54. The summed E-state index contributed by atoms with van der Waals surface area (Å²) in [4.78, 5) is 12.9. The van der Waals surface area contributed by atoms with Crippen LogP contribution in [0.5, 0.6) is 0 Å². The molecule has 1 aromatic heterocycles. The van der Waals surface area contributed by atoms with Gasteiger partial charge in [0.15, 0.2) is 0 Å². The van der Waals surface area contributed by atoms with Gasteiger partial charge in [0.1, 0.15) is 0 Å². The lowest BCUT2D eigenvalue weighted by Crippen LogP contribution is -2.33. The quantitative estimate of drug-likeness (QED) is 0.736. The molecular weight excluding hydrogens is 340 g/mol. The molecule has 0 bridgehead atoms. The summed E-state index contributed by atoms with van der Waals surface area (Å²) in [6.45, 7) is 4.83. The van der Waals surface area contributed by atoms with Crippen LogP contribution in [-0.4, -0.2) is 39.3 Å². The average molecular weight is 358 g/mol. The maximum absolute atomic E-state index is 11.8. The van der Waals surface area contributed by atoms with Crippen molar-refractivity contribution in [2.24, 2.45) is 0 Å². The first kappa shape index (κ1) is 17.9. The summed E-state index contributed by atoms with van der Waals surface area (Å²) in [5, 5.41) is 6.03. The summed E-state index contributed by atoms with van der Waals surface area (Å²) in [7, 11) is 1.67. The third kappa shape index (κ3) is 6.15. The van der Waals surface area contributed by atoms with E-state index in [4.69, 9.17) is 4.74 Å². The number of nitrogens with one attached hydrogen (secondary N) is 2. The summed E-state index contributed by atoms with van der Waals surface area (Å²) in [6, 6.07) is 1.89. The van der Waals surface area contributed by atoms with Gasteiger partial charge in [-0.15, -0.1) is 23.7 Å². The lowest BCUT2D eigenvalue weighted by atomic mass is 10.3. The highest BCUT2D eigenvalue weighted by atomic mass is 79.9. The molecule has 1 aromatic rings. The van der Waals surface area contributed by atoms with Crippen molar-refractivity contribution in [3.8, 4) is 0 Å². The van der Waals surface area contributed by atoms with E-state index in [9.17, 15) is 4.79 Å². The van der Waals surface area contributed by atoms with Crippen molar-refractivity contribution in [1.82, 2.24) is 10.6 Å². The van der Waals surface area contributed by atoms with Gasteiger partial charge in [0.25, 0.3) is 5.91 Å². The minimum atomic E-state index is -0.0326. The van der Waals surface area contributed by atoms with Crippen LogP contribution < -0.4 is 10.6 Å². The standard InChI is InChI=1S/C11H17BrN2O2S.ClH/c1-8-7-9(10(12)17-8)11(15)14-4-3-13-5-6-16-2;/h7,13H,3-6H2,1-2H3,(H,14,15);1H. The van der Waals surface area contributed by atoms with Crippen LogP contribution in [0.1, 0.15) is 15.2 Å². The number of methoxy groups -OCH3 is 1. The van der Waals surface area contributed by atoms with Crippen LogP contribution in [0.15, 0.2) is 9.85 Å². The van der Waals surface area contributed by atoms with Crippen molar-refractivity contribution in [2.75, 3.05) is 33.4 Å². The fourth-order valence-corrected chi connectivity index (χ4v) is 3.08. The Morgan fingerprint density at radius 2 is 2.17 bits per heavy atom. The van der Waals surface area contributed by atoms with E-state index in [1.54, 1.807) is 18.4 Å². The van der Waals surface area contributed by atoms with Crippen molar-refractivity contribution in [1.29, 1.82) is 0 Å². The van der Waals surface area contributed by atoms with Crippen molar-refractivity contribution >= 4 is 45.6 Å². The molecule has 7 heteroatoms. The molecule has 0 unspecified atom stereocenters. The molecule has 1 heterocycles. The molecule has 4 nitrogen and oxygen atoms in total. The molecule has 0 atom stereocenters. The van der Waals surface area contributed by atoms with E-state index in [2.05, 4.69) is 26.6 Å². The Hall–Kier alpha value is -0.140. The molecular formula is C11H18BrClN2O2S. The molecule has 104 valence electrons. The fraction of sp³-hybridized carbons (Fsp3) is 0.545. The maximum Gasteiger partial charge on any atom is 0.253 e. The number of hydrogen-bond acceptors (Lipinski definition) is 4. The average Bonchev–Trinajstić information content (AvgIpc) is 2.62. The Kier molecular flexibility index (Phi) is 9.67. The monoisotopic (exact) mass is 356 g/mol. The molecule has 1 rings (SSSR count). The van der Waals surface area contributed by atoms with Gasteiger partial charge in [-0.05, 0) is 28.9 Å². The summed E-state index contributed by atoms with van der Waals surface area (Å²) in [5.74, 6) is -0.0326. The van der Waals surface area contributed by atoms with Gasteiger partial charge in [-0.25, -0.2) is 0 Å². The molecule has 0 saturated heterocycles. The maximum atomic E-state index is 11.8. The number of thiophene rings is 1. The minimum absolute atomic E-state index is 0. The SMILES string of the molecule is COCCNCCNC(=O)c1cc(C)sc1Br.Cl. The first-order valence-corrected chi connectivity index (χ1v) is 7.00. The van der Waals surface area contributed by atoms with Crippen LogP contribution in [0.2, 0.25) is 0 Å². The van der Waals surface area contributed by atoms with Gasteiger partial charge >= 0.3 is 0 Å². The molecule has 0 aliphatic rings. The first-order chi connectivity index (χ1) is 8.15. The lowest BCUT2D eigenvalue weighted by molar-refractivity contribution is 0.0953. The van der Waals surface area contributed by atoms with Crippen molar-refractivity contribution in [3.63, 3.8) is 0 Å². The smallest absolute Gasteiger partial charge is 0.253 e. The molecule has 2 N–H and O–H groups in total. The molecule has 0 saturated carbocycles. The van der Waals surface area contributed by atoms with E-state index >= 15 is 0 Å². The van der Waals surface area contributed by atoms with Crippen LogP contribution in [-0.2, 0) is 4.74 Å². The van der Waals surface area contributed by atoms with Crippen LogP contribution >= 0.6 is 39.7 Å². The highest BCUT2D eigenvalue weighted by Gasteiger charge is 2.11. The molecule has 0 aliphatic carbocycles. The number of carbonyl (C=O) groups excluding carboxylic acids is 1. The number of hydrogen-bond donors (Lipinski definition) is 2. The van der Waals surface area contributed by atoms with Crippen molar-refractivity contribution in [3.05, 3.63) is 20.3 Å². The van der Waals surface area contributed by atoms with E-state index in [0.29, 0.717) is 18.7 Å². The van der Waals surface area contributed by atoms with Crippen LogP contribution in [0.3, 0.4) is 0 Å². The first-order valence-electron chi connectivity index (χ1n) is 5.39. The summed E-state index contributed by atoms with van der Waals surface area (Å²) in [5.41, 5.74) is 0.712. The summed E-state index contributed by atoms with van der Waals surface area (Å²) in [6.07, 6.45) is 0. The fourth-order valence-electron chi connectivity index (χ4n) is 1.30. The highest BCUT2D eigenvalue weighted by molar-refractivity contribution is 9.11. The number of aryl methyl sites for hydroxylation is 1. The zero-order chi connectivity index (χ0) is 12.7. The van der Waals surface area contributed by atoms with Gasteiger partial charge in [-0.2, -0.15) is 0 Å². The van der Waals surface area contributed by atoms with Gasteiger partial charge in [0.2, 0.25) is 0 Å². The number of amides is 1. The van der Waals surface area contributed by atoms with Gasteiger partial charge in [0.05, 0.1) is 16.0 Å². The Bertz CT molecular complexity index is 374. The second kappa shape index (κ2) is 9.75. The molecule has 0 fully saturated rings. The van der Waals surface area contributed by atoms with Crippen molar-refractivity contribution in [2.45, 2.75) is 6.92 Å². The zero-order valence-electron chi connectivity index (χ0n) is 10.4. The molecule has 0 spiro atoms. The third-order valence-corrected chi connectivity index (χ3v) is 3.88. The Morgan fingerprint density at radius 3 is 2.72 bits per heavy atom. The van der Waals surface area contributed by atoms with E-state index in [-0.39, 0.29) is 18.3 Å².